The van der Waals surface area contributed by atoms with Crippen molar-refractivity contribution >= 4 is 5.82 Å². The van der Waals surface area contributed by atoms with Crippen LogP contribution >= 0.6 is 0 Å². The molecule has 2 aliphatic heterocycles. The predicted octanol–water partition coefficient (Wildman–Crippen LogP) is 2.29. The first-order chi connectivity index (χ1) is 10.3. The zero-order chi connectivity index (χ0) is 14.2. The van der Waals surface area contributed by atoms with Gasteiger partial charge in [-0.3, -0.25) is 4.90 Å². The molecule has 1 aromatic heterocycles. The molecule has 2 fully saturated rings. The molecule has 3 heterocycles. The first kappa shape index (κ1) is 13.5. The lowest BCUT2D eigenvalue weighted by atomic mass is 10.2. The maximum atomic E-state index is 5.89. The van der Waals surface area contributed by atoms with Gasteiger partial charge in [-0.05, 0) is 38.2 Å². The number of rotatable bonds is 4. The highest BCUT2D eigenvalue weighted by Gasteiger charge is 2.38. The molecular formula is C17H25N3O. The number of aromatic nitrogens is 1. The molecule has 21 heavy (non-hydrogen) atoms. The Kier molecular flexibility index (Phi) is 3.59. The summed E-state index contributed by atoms with van der Waals surface area (Å²) in [4.78, 5) is 9.84. The molecule has 1 aromatic rings. The molecule has 0 bridgehead atoms. The van der Waals surface area contributed by atoms with Crippen molar-refractivity contribution in [2.24, 2.45) is 5.92 Å². The summed E-state index contributed by atoms with van der Waals surface area (Å²) in [7, 11) is 0. The van der Waals surface area contributed by atoms with Gasteiger partial charge < -0.3 is 9.64 Å². The summed E-state index contributed by atoms with van der Waals surface area (Å²) in [5.74, 6) is 2.14. The third kappa shape index (κ3) is 2.79. The zero-order valence-corrected chi connectivity index (χ0v) is 12.9. The number of nitrogens with zero attached hydrogens (tertiary/aromatic N) is 3. The summed E-state index contributed by atoms with van der Waals surface area (Å²) in [5, 5.41) is 0. The van der Waals surface area contributed by atoms with E-state index in [2.05, 4.69) is 33.8 Å². The fourth-order valence-electron chi connectivity index (χ4n) is 3.88. The van der Waals surface area contributed by atoms with Gasteiger partial charge in [-0.1, -0.05) is 6.07 Å². The fraction of sp³-hybridized carbons (Fsp3) is 0.706. The van der Waals surface area contributed by atoms with Crippen molar-refractivity contribution in [3.8, 4) is 0 Å². The molecule has 0 N–H and O–H groups in total. The smallest absolute Gasteiger partial charge is 0.133 e. The molecular weight excluding hydrogens is 262 g/mol. The molecule has 1 aliphatic carbocycles. The van der Waals surface area contributed by atoms with Crippen molar-refractivity contribution in [3.63, 3.8) is 0 Å². The molecule has 3 aliphatic rings. The summed E-state index contributed by atoms with van der Waals surface area (Å²) in [6.45, 7) is 7.39. The van der Waals surface area contributed by atoms with E-state index in [1.807, 2.05) is 6.20 Å². The predicted molar refractivity (Wildman–Crippen MR) is 83.4 cm³/mol. The Bertz CT molecular complexity index is 503. The lowest BCUT2D eigenvalue weighted by Gasteiger charge is -2.26. The van der Waals surface area contributed by atoms with E-state index in [1.54, 1.807) is 0 Å². The summed E-state index contributed by atoms with van der Waals surface area (Å²) >= 11 is 0. The molecule has 4 heteroatoms. The fourth-order valence-corrected chi connectivity index (χ4v) is 3.88. The van der Waals surface area contributed by atoms with Gasteiger partial charge in [-0.25, -0.2) is 4.98 Å². The third-order valence-electron chi connectivity index (χ3n) is 4.99. The second-order valence-corrected chi connectivity index (χ2v) is 6.74. The standard InChI is InChI=1S/C17H25N3O/c1-2-21-16-8-15-11-19(9-13-5-6-13)10-14-4-3-7-18-17(14)20(15)12-16/h3-4,7,13,15-16H,2,5-6,8-12H2,1H3/t15-,16+/m0/s1. The molecule has 1 saturated carbocycles. The Hall–Kier alpha value is -1.13. The van der Waals surface area contributed by atoms with Gasteiger partial charge in [0.2, 0.25) is 0 Å². The van der Waals surface area contributed by atoms with Crippen LogP contribution in [-0.2, 0) is 11.3 Å². The van der Waals surface area contributed by atoms with Crippen molar-refractivity contribution in [1.29, 1.82) is 0 Å². The first-order valence-corrected chi connectivity index (χ1v) is 8.38. The van der Waals surface area contributed by atoms with Crippen LogP contribution < -0.4 is 4.90 Å². The summed E-state index contributed by atoms with van der Waals surface area (Å²) in [5.41, 5.74) is 1.39. The molecule has 0 spiro atoms. The van der Waals surface area contributed by atoms with Crippen molar-refractivity contribution in [2.45, 2.75) is 44.9 Å². The normalized spacial score (nSPS) is 29.1. The van der Waals surface area contributed by atoms with Gasteiger partial charge in [0.25, 0.3) is 0 Å². The molecule has 4 nitrogen and oxygen atoms in total. The van der Waals surface area contributed by atoms with Crippen molar-refractivity contribution in [1.82, 2.24) is 9.88 Å². The number of hydrogen-bond acceptors (Lipinski definition) is 4. The summed E-state index contributed by atoms with van der Waals surface area (Å²) < 4.78 is 5.89. The SMILES string of the molecule is CCO[C@@H]1C[C@H]2CN(CC3CC3)Cc3cccnc3N2C1. The number of fused-ring (bicyclic) bond motifs is 3. The van der Waals surface area contributed by atoms with Gasteiger partial charge in [0, 0.05) is 50.6 Å². The van der Waals surface area contributed by atoms with Crippen molar-refractivity contribution < 1.29 is 4.74 Å². The topological polar surface area (TPSA) is 28.6 Å². The van der Waals surface area contributed by atoms with E-state index in [-0.39, 0.29) is 0 Å². The second kappa shape index (κ2) is 5.58. The molecule has 2 atom stereocenters. The van der Waals surface area contributed by atoms with Gasteiger partial charge in [0.15, 0.2) is 0 Å². The minimum atomic E-state index is 0.371. The summed E-state index contributed by atoms with van der Waals surface area (Å²) in [6.07, 6.45) is 6.29. The average Bonchev–Trinajstić information content (AvgIpc) is 3.23. The number of pyridine rings is 1. The number of hydrogen-bond donors (Lipinski definition) is 0. The quantitative estimate of drug-likeness (QED) is 0.849. The maximum absolute atomic E-state index is 5.89. The lowest BCUT2D eigenvalue weighted by molar-refractivity contribution is 0.0747. The zero-order valence-electron chi connectivity index (χ0n) is 12.9. The second-order valence-electron chi connectivity index (χ2n) is 6.74. The van der Waals surface area contributed by atoms with E-state index in [9.17, 15) is 0 Å². The van der Waals surface area contributed by atoms with E-state index in [4.69, 9.17) is 4.74 Å². The highest BCUT2D eigenvalue weighted by atomic mass is 16.5. The Morgan fingerprint density at radius 1 is 1.33 bits per heavy atom. The van der Waals surface area contributed by atoms with Crippen LogP contribution in [0, 0.1) is 5.92 Å². The van der Waals surface area contributed by atoms with Gasteiger partial charge in [-0.2, -0.15) is 0 Å². The van der Waals surface area contributed by atoms with Crippen LogP contribution in [0.3, 0.4) is 0 Å². The molecule has 0 amide bonds. The van der Waals surface area contributed by atoms with E-state index in [1.165, 1.54) is 30.8 Å². The minimum Gasteiger partial charge on any atom is -0.377 e. The Morgan fingerprint density at radius 3 is 3.05 bits per heavy atom. The van der Waals surface area contributed by atoms with Gasteiger partial charge in [-0.15, -0.1) is 0 Å². The minimum absolute atomic E-state index is 0.371. The number of anilines is 1. The molecule has 114 valence electrons. The van der Waals surface area contributed by atoms with Crippen LogP contribution in [0.4, 0.5) is 5.82 Å². The van der Waals surface area contributed by atoms with Crippen molar-refractivity contribution in [2.75, 3.05) is 31.1 Å². The van der Waals surface area contributed by atoms with Crippen molar-refractivity contribution in [3.05, 3.63) is 23.9 Å². The molecule has 0 radical (unpaired) electrons. The third-order valence-corrected chi connectivity index (χ3v) is 4.99. The average molecular weight is 287 g/mol. The Balaban J connectivity index is 1.59. The monoisotopic (exact) mass is 287 g/mol. The van der Waals surface area contributed by atoms with Gasteiger partial charge >= 0.3 is 0 Å². The molecule has 4 rings (SSSR count). The first-order valence-electron chi connectivity index (χ1n) is 8.38. The maximum Gasteiger partial charge on any atom is 0.133 e. The molecule has 0 aromatic carbocycles. The summed E-state index contributed by atoms with van der Waals surface area (Å²) in [6, 6.07) is 4.89. The Morgan fingerprint density at radius 2 is 2.24 bits per heavy atom. The van der Waals surface area contributed by atoms with Crippen LogP contribution in [0.25, 0.3) is 0 Å². The van der Waals surface area contributed by atoms with Crippen LogP contribution in [0.5, 0.6) is 0 Å². The lowest BCUT2D eigenvalue weighted by Crippen LogP contribution is -2.38. The number of ether oxygens (including phenoxy) is 1. The van der Waals surface area contributed by atoms with E-state index in [0.29, 0.717) is 12.1 Å². The van der Waals surface area contributed by atoms with Crippen LogP contribution in [-0.4, -0.2) is 48.3 Å². The highest BCUT2D eigenvalue weighted by molar-refractivity contribution is 5.50. The van der Waals surface area contributed by atoms with Crippen LogP contribution in [0.2, 0.25) is 0 Å². The van der Waals surface area contributed by atoms with E-state index < -0.39 is 0 Å². The molecule has 0 unspecified atom stereocenters. The van der Waals surface area contributed by atoms with Crippen LogP contribution in [0.1, 0.15) is 31.7 Å². The highest BCUT2D eigenvalue weighted by Crippen LogP contribution is 2.35. The van der Waals surface area contributed by atoms with E-state index in [0.717, 1.165) is 38.6 Å². The van der Waals surface area contributed by atoms with Gasteiger partial charge in [0.1, 0.15) is 5.82 Å². The van der Waals surface area contributed by atoms with Gasteiger partial charge in [0.05, 0.1) is 6.10 Å². The Labute approximate surface area is 127 Å². The van der Waals surface area contributed by atoms with E-state index >= 15 is 0 Å². The molecule has 1 saturated heterocycles. The largest absolute Gasteiger partial charge is 0.377 e. The van der Waals surface area contributed by atoms with Crippen LogP contribution in [0.15, 0.2) is 18.3 Å².